The van der Waals surface area contributed by atoms with Crippen molar-refractivity contribution >= 4 is 23.6 Å². The van der Waals surface area contributed by atoms with Crippen molar-refractivity contribution in [1.82, 2.24) is 15.5 Å². The molecule has 1 amide bonds. The fourth-order valence-corrected chi connectivity index (χ4v) is 5.58. The molecule has 2 saturated carbocycles. The summed E-state index contributed by atoms with van der Waals surface area (Å²) in [6.07, 6.45) is 8.07. The van der Waals surface area contributed by atoms with Gasteiger partial charge in [0.15, 0.2) is 5.96 Å². The summed E-state index contributed by atoms with van der Waals surface area (Å²) in [6.45, 7) is 2.60. The van der Waals surface area contributed by atoms with Gasteiger partial charge < -0.3 is 15.5 Å². The number of thioether (sulfide) groups is 1. The zero-order valence-corrected chi connectivity index (χ0v) is 17.6. The van der Waals surface area contributed by atoms with Gasteiger partial charge in [-0.15, -0.1) is 11.8 Å². The number of likely N-dealkylation sites (tertiary alicyclic amines) is 1. The predicted octanol–water partition coefficient (Wildman–Crippen LogP) is 3.27. The van der Waals surface area contributed by atoms with E-state index in [1.807, 2.05) is 18.8 Å². The van der Waals surface area contributed by atoms with E-state index in [2.05, 4.69) is 50.9 Å². The summed E-state index contributed by atoms with van der Waals surface area (Å²) in [7, 11) is 1.83. The number of benzene rings is 1. The van der Waals surface area contributed by atoms with E-state index in [4.69, 9.17) is 0 Å². The average molecular weight is 401 g/mol. The van der Waals surface area contributed by atoms with Crippen molar-refractivity contribution in [3.05, 3.63) is 30.3 Å². The minimum absolute atomic E-state index is 0.279. The lowest BCUT2D eigenvalue weighted by Gasteiger charge is -2.22. The Kier molecular flexibility index (Phi) is 6.14. The quantitative estimate of drug-likeness (QED) is 0.568. The van der Waals surface area contributed by atoms with Crippen molar-refractivity contribution in [2.45, 2.75) is 60.6 Å². The first-order chi connectivity index (χ1) is 13.7. The van der Waals surface area contributed by atoms with Gasteiger partial charge in [-0.1, -0.05) is 31.0 Å². The molecule has 5 nitrogen and oxygen atoms in total. The standard InChI is InChI=1S/C22H32N4OS/c1-23-21(24-16-22(12-13-22)28-19-9-3-2-4-10-19)25-18-11-14-26(15-18)20(27)17-7-5-6-8-17/h2-4,9-10,17-18H,5-8,11-16H2,1H3,(H2,23,24,25). The Morgan fingerprint density at radius 1 is 1.21 bits per heavy atom. The molecule has 6 heteroatoms. The number of carbonyl (C=O) groups is 1. The maximum Gasteiger partial charge on any atom is 0.225 e. The van der Waals surface area contributed by atoms with Crippen LogP contribution in [0.5, 0.6) is 0 Å². The first-order valence-electron chi connectivity index (χ1n) is 10.7. The van der Waals surface area contributed by atoms with Crippen LogP contribution in [-0.2, 0) is 4.79 Å². The van der Waals surface area contributed by atoms with E-state index in [0.29, 0.717) is 16.7 Å². The van der Waals surface area contributed by atoms with Gasteiger partial charge >= 0.3 is 0 Å². The van der Waals surface area contributed by atoms with Gasteiger partial charge in [-0.3, -0.25) is 9.79 Å². The molecule has 0 aromatic heterocycles. The molecule has 3 aliphatic rings. The Balaban J connectivity index is 1.23. The summed E-state index contributed by atoms with van der Waals surface area (Å²) >= 11 is 1.97. The van der Waals surface area contributed by atoms with Gasteiger partial charge in [-0.05, 0) is 44.2 Å². The molecule has 0 radical (unpaired) electrons. The molecule has 1 unspecified atom stereocenters. The molecule has 3 fully saturated rings. The fourth-order valence-electron chi connectivity index (χ4n) is 4.33. The third kappa shape index (κ3) is 4.83. The number of aliphatic imine (C=N–C) groups is 1. The summed E-state index contributed by atoms with van der Waals surface area (Å²) in [5.74, 6) is 1.52. The van der Waals surface area contributed by atoms with Gasteiger partial charge in [-0.25, -0.2) is 0 Å². The molecule has 0 bridgehead atoms. The van der Waals surface area contributed by atoms with Gasteiger partial charge in [0, 0.05) is 48.3 Å². The Morgan fingerprint density at radius 3 is 2.64 bits per heavy atom. The van der Waals surface area contributed by atoms with Gasteiger partial charge in [0.25, 0.3) is 0 Å². The largest absolute Gasteiger partial charge is 0.355 e. The summed E-state index contributed by atoms with van der Waals surface area (Å²) < 4.78 is 0.291. The van der Waals surface area contributed by atoms with E-state index < -0.39 is 0 Å². The molecule has 0 spiro atoms. The zero-order valence-electron chi connectivity index (χ0n) is 16.8. The number of amides is 1. The Bertz CT molecular complexity index is 698. The van der Waals surface area contributed by atoms with Crippen molar-refractivity contribution in [2.75, 3.05) is 26.7 Å². The third-order valence-electron chi connectivity index (χ3n) is 6.23. The van der Waals surface area contributed by atoms with E-state index in [1.165, 1.54) is 30.6 Å². The summed E-state index contributed by atoms with van der Waals surface area (Å²) in [5.41, 5.74) is 0. The van der Waals surface area contributed by atoms with Gasteiger partial charge in [0.1, 0.15) is 0 Å². The molecule has 152 valence electrons. The van der Waals surface area contributed by atoms with E-state index in [0.717, 1.165) is 44.9 Å². The minimum atomic E-state index is 0.279. The minimum Gasteiger partial charge on any atom is -0.355 e. The number of carbonyl (C=O) groups excluding carboxylic acids is 1. The highest BCUT2D eigenvalue weighted by Gasteiger charge is 2.44. The lowest BCUT2D eigenvalue weighted by Crippen LogP contribution is -2.47. The molecule has 1 aliphatic heterocycles. The molecule has 2 aliphatic carbocycles. The van der Waals surface area contributed by atoms with Crippen LogP contribution in [0.3, 0.4) is 0 Å². The maximum absolute atomic E-state index is 12.6. The van der Waals surface area contributed by atoms with Gasteiger partial charge in [0.2, 0.25) is 5.91 Å². The topological polar surface area (TPSA) is 56.7 Å². The van der Waals surface area contributed by atoms with E-state index in [9.17, 15) is 4.79 Å². The smallest absolute Gasteiger partial charge is 0.225 e. The van der Waals surface area contributed by atoms with Gasteiger partial charge in [-0.2, -0.15) is 0 Å². The molecule has 1 atom stereocenters. The normalized spacial score (nSPS) is 24.4. The molecule has 2 N–H and O–H groups in total. The lowest BCUT2D eigenvalue weighted by atomic mass is 10.1. The zero-order chi connectivity index (χ0) is 19.4. The molecule has 28 heavy (non-hydrogen) atoms. The summed E-state index contributed by atoms with van der Waals surface area (Å²) in [4.78, 5) is 20.5. The van der Waals surface area contributed by atoms with Crippen molar-refractivity contribution in [2.24, 2.45) is 10.9 Å². The average Bonchev–Trinajstić information content (AvgIpc) is 3.13. The second kappa shape index (κ2) is 8.76. The SMILES string of the molecule is CN=C(NCC1(Sc2ccccc2)CC1)NC1CCN(C(=O)C2CCCC2)C1. The van der Waals surface area contributed by atoms with Crippen molar-refractivity contribution in [1.29, 1.82) is 0 Å². The van der Waals surface area contributed by atoms with Crippen molar-refractivity contribution in [3.63, 3.8) is 0 Å². The van der Waals surface area contributed by atoms with Crippen LogP contribution >= 0.6 is 11.8 Å². The number of nitrogens with one attached hydrogen (secondary N) is 2. The van der Waals surface area contributed by atoms with Crippen LogP contribution in [0.2, 0.25) is 0 Å². The predicted molar refractivity (Wildman–Crippen MR) is 116 cm³/mol. The fraction of sp³-hybridized carbons (Fsp3) is 0.636. The molecule has 1 heterocycles. The second-order valence-corrected chi connectivity index (χ2v) is 9.96. The van der Waals surface area contributed by atoms with Crippen LogP contribution in [0.4, 0.5) is 0 Å². The lowest BCUT2D eigenvalue weighted by molar-refractivity contribution is -0.134. The van der Waals surface area contributed by atoms with Crippen LogP contribution in [0.15, 0.2) is 40.2 Å². The monoisotopic (exact) mass is 400 g/mol. The molecule has 4 rings (SSSR count). The van der Waals surface area contributed by atoms with Crippen LogP contribution < -0.4 is 10.6 Å². The maximum atomic E-state index is 12.6. The van der Waals surface area contributed by atoms with Gasteiger partial charge in [0.05, 0.1) is 0 Å². The third-order valence-corrected chi connectivity index (χ3v) is 7.73. The first kappa shape index (κ1) is 19.6. The highest BCUT2D eigenvalue weighted by Crippen LogP contribution is 2.51. The highest BCUT2D eigenvalue weighted by molar-refractivity contribution is 8.01. The van der Waals surface area contributed by atoms with Crippen LogP contribution in [0.1, 0.15) is 44.9 Å². The molecule has 1 aromatic rings. The van der Waals surface area contributed by atoms with E-state index >= 15 is 0 Å². The number of nitrogens with zero attached hydrogens (tertiary/aromatic N) is 2. The molecule has 1 aromatic carbocycles. The first-order valence-corrected chi connectivity index (χ1v) is 11.5. The number of hydrogen-bond donors (Lipinski definition) is 2. The van der Waals surface area contributed by atoms with E-state index in [1.54, 1.807) is 0 Å². The summed E-state index contributed by atoms with van der Waals surface area (Å²) in [5, 5.41) is 7.07. The molecule has 1 saturated heterocycles. The van der Waals surface area contributed by atoms with Crippen LogP contribution in [0, 0.1) is 5.92 Å². The van der Waals surface area contributed by atoms with Crippen LogP contribution in [0.25, 0.3) is 0 Å². The summed E-state index contributed by atoms with van der Waals surface area (Å²) in [6, 6.07) is 10.9. The number of guanidine groups is 1. The van der Waals surface area contributed by atoms with E-state index in [-0.39, 0.29) is 5.92 Å². The Morgan fingerprint density at radius 2 is 1.96 bits per heavy atom. The van der Waals surface area contributed by atoms with Crippen LogP contribution in [-0.4, -0.2) is 54.2 Å². The Hall–Kier alpha value is -1.69. The molecular weight excluding hydrogens is 368 g/mol. The van der Waals surface area contributed by atoms with Crippen molar-refractivity contribution < 1.29 is 4.79 Å². The second-order valence-electron chi connectivity index (χ2n) is 8.42. The Labute approximate surface area is 172 Å². The highest BCUT2D eigenvalue weighted by atomic mass is 32.2. The molecular formula is C22H32N4OS. The number of hydrogen-bond acceptors (Lipinski definition) is 3. The van der Waals surface area contributed by atoms with Crippen molar-refractivity contribution in [3.8, 4) is 0 Å². The number of rotatable bonds is 6.